The van der Waals surface area contributed by atoms with Crippen LogP contribution in [0.4, 0.5) is 0 Å². The van der Waals surface area contributed by atoms with Crippen molar-refractivity contribution in [2.24, 2.45) is 17.6 Å². The number of rotatable bonds is 6. The van der Waals surface area contributed by atoms with Gasteiger partial charge in [-0.1, -0.05) is 33.1 Å². The van der Waals surface area contributed by atoms with Gasteiger partial charge in [0.25, 0.3) is 0 Å². The van der Waals surface area contributed by atoms with Gasteiger partial charge in [-0.25, -0.2) is 0 Å². The zero-order valence-corrected chi connectivity index (χ0v) is 10.9. The van der Waals surface area contributed by atoms with Crippen LogP contribution >= 0.6 is 0 Å². The van der Waals surface area contributed by atoms with Crippen LogP contribution in [0.25, 0.3) is 0 Å². The van der Waals surface area contributed by atoms with Gasteiger partial charge >= 0.3 is 0 Å². The Bertz CT molecular complexity index is 202. The third kappa shape index (κ3) is 4.64. The summed E-state index contributed by atoms with van der Waals surface area (Å²) in [6.45, 7) is 4.32. The Morgan fingerprint density at radius 2 is 1.93 bits per heavy atom. The first-order valence-electron chi connectivity index (χ1n) is 6.24. The molecule has 3 atom stereocenters. The van der Waals surface area contributed by atoms with Crippen LogP contribution in [0, 0.1) is 11.8 Å². The molecule has 1 fully saturated rings. The largest absolute Gasteiger partial charge is 0.327 e. The Kier molecular flexibility index (Phi) is 5.83. The SMILES string of the molecule is CCC(C)CS(=O)CC(N)C1CCCC1. The van der Waals surface area contributed by atoms with E-state index in [2.05, 4.69) is 13.8 Å². The van der Waals surface area contributed by atoms with Crippen LogP contribution in [0.5, 0.6) is 0 Å². The van der Waals surface area contributed by atoms with Gasteiger partial charge in [-0.2, -0.15) is 0 Å². The van der Waals surface area contributed by atoms with E-state index in [9.17, 15) is 4.21 Å². The molecule has 0 amide bonds. The first-order valence-corrected chi connectivity index (χ1v) is 7.72. The molecule has 0 aliphatic heterocycles. The van der Waals surface area contributed by atoms with Crippen LogP contribution in [0.1, 0.15) is 46.0 Å². The minimum Gasteiger partial charge on any atom is -0.327 e. The van der Waals surface area contributed by atoms with Crippen molar-refractivity contribution in [1.82, 2.24) is 0 Å². The van der Waals surface area contributed by atoms with Crippen molar-refractivity contribution in [3.05, 3.63) is 0 Å². The van der Waals surface area contributed by atoms with Crippen molar-refractivity contribution < 1.29 is 4.21 Å². The summed E-state index contributed by atoms with van der Waals surface area (Å²) in [5.74, 6) is 2.76. The molecule has 0 aromatic rings. The lowest BCUT2D eigenvalue weighted by atomic mass is 10.0. The summed E-state index contributed by atoms with van der Waals surface area (Å²) in [4.78, 5) is 0. The first-order chi connectivity index (χ1) is 7.13. The monoisotopic (exact) mass is 231 g/mol. The number of nitrogens with two attached hydrogens (primary N) is 1. The van der Waals surface area contributed by atoms with E-state index < -0.39 is 10.8 Å². The van der Waals surface area contributed by atoms with Gasteiger partial charge in [-0.3, -0.25) is 4.21 Å². The molecule has 0 bridgehead atoms. The van der Waals surface area contributed by atoms with Crippen molar-refractivity contribution in [1.29, 1.82) is 0 Å². The summed E-state index contributed by atoms with van der Waals surface area (Å²) in [5, 5.41) is 0. The summed E-state index contributed by atoms with van der Waals surface area (Å²) in [7, 11) is -0.701. The Morgan fingerprint density at radius 1 is 1.33 bits per heavy atom. The zero-order chi connectivity index (χ0) is 11.3. The highest BCUT2D eigenvalue weighted by molar-refractivity contribution is 7.85. The predicted octanol–water partition coefficient (Wildman–Crippen LogP) is 2.30. The molecular weight excluding hydrogens is 206 g/mol. The van der Waals surface area contributed by atoms with Crippen molar-refractivity contribution in [2.75, 3.05) is 11.5 Å². The highest BCUT2D eigenvalue weighted by atomic mass is 32.2. The smallest absolute Gasteiger partial charge is 0.0389 e. The minimum atomic E-state index is -0.701. The maximum atomic E-state index is 11.8. The minimum absolute atomic E-state index is 0.178. The third-order valence-electron chi connectivity index (χ3n) is 3.55. The Morgan fingerprint density at radius 3 is 2.47 bits per heavy atom. The van der Waals surface area contributed by atoms with Crippen molar-refractivity contribution in [3.63, 3.8) is 0 Å². The van der Waals surface area contributed by atoms with E-state index in [1.165, 1.54) is 25.7 Å². The van der Waals surface area contributed by atoms with Gasteiger partial charge < -0.3 is 5.73 Å². The van der Waals surface area contributed by atoms with Crippen molar-refractivity contribution in [3.8, 4) is 0 Å². The molecule has 0 aromatic carbocycles. The molecule has 1 aliphatic carbocycles. The lowest BCUT2D eigenvalue weighted by molar-refractivity contribution is 0.459. The van der Waals surface area contributed by atoms with Gasteiger partial charge in [-0.05, 0) is 24.7 Å². The topological polar surface area (TPSA) is 43.1 Å². The van der Waals surface area contributed by atoms with E-state index in [0.717, 1.165) is 17.9 Å². The van der Waals surface area contributed by atoms with E-state index in [1.807, 2.05) is 0 Å². The molecule has 0 aromatic heterocycles. The molecule has 3 heteroatoms. The maximum absolute atomic E-state index is 11.8. The first kappa shape index (κ1) is 13.2. The molecule has 0 spiro atoms. The lowest BCUT2D eigenvalue weighted by Crippen LogP contribution is -2.35. The molecule has 0 saturated heterocycles. The molecule has 2 N–H and O–H groups in total. The highest BCUT2D eigenvalue weighted by Gasteiger charge is 2.23. The molecule has 0 radical (unpaired) electrons. The standard InChI is InChI=1S/C12H25NOS/c1-3-10(2)8-15(14)9-12(13)11-6-4-5-7-11/h10-12H,3-9,13H2,1-2H3. The summed E-state index contributed by atoms with van der Waals surface area (Å²) in [5.41, 5.74) is 6.10. The van der Waals surface area contributed by atoms with Gasteiger partial charge in [-0.15, -0.1) is 0 Å². The fraction of sp³-hybridized carbons (Fsp3) is 1.00. The van der Waals surface area contributed by atoms with E-state index in [-0.39, 0.29) is 6.04 Å². The summed E-state index contributed by atoms with van der Waals surface area (Å²) in [6.07, 6.45) is 6.25. The maximum Gasteiger partial charge on any atom is 0.0389 e. The van der Waals surface area contributed by atoms with Crippen LogP contribution in [-0.4, -0.2) is 21.8 Å². The molecule has 1 saturated carbocycles. The number of hydrogen-bond donors (Lipinski definition) is 1. The van der Waals surface area contributed by atoms with E-state index in [4.69, 9.17) is 5.73 Å². The van der Waals surface area contributed by atoms with Crippen LogP contribution in [-0.2, 0) is 10.8 Å². The Balaban J connectivity index is 2.24. The highest BCUT2D eigenvalue weighted by Crippen LogP contribution is 2.27. The zero-order valence-electron chi connectivity index (χ0n) is 10.1. The van der Waals surface area contributed by atoms with Gasteiger partial charge in [0.1, 0.15) is 0 Å². The lowest BCUT2D eigenvalue weighted by Gasteiger charge is -2.19. The molecular formula is C12H25NOS. The van der Waals surface area contributed by atoms with Gasteiger partial charge in [0.05, 0.1) is 0 Å². The molecule has 15 heavy (non-hydrogen) atoms. The second-order valence-electron chi connectivity index (χ2n) is 4.99. The summed E-state index contributed by atoms with van der Waals surface area (Å²) < 4.78 is 11.8. The van der Waals surface area contributed by atoms with E-state index in [1.54, 1.807) is 0 Å². The third-order valence-corrected chi connectivity index (χ3v) is 5.25. The fourth-order valence-electron chi connectivity index (χ4n) is 2.24. The van der Waals surface area contributed by atoms with E-state index >= 15 is 0 Å². The average Bonchev–Trinajstić information content (AvgIpc) is 2.70. The molecule has 90 valence electrons. The molecule has 1 aliphatic rings. The van der Waals surface area contributed by atoms with Gasteiger partial charge in [0.2, 0.25) is 0 Å². The second kappa shape index (κ2) is 6.64. The van der Waals surface area contributed by atoms with Crippen molar-refractivity contribution in [2.45, 2.75) is 52.0 Å². The molecule has 0 heterocycles. The van der Waals surface area contributed by atoms with Gasteiger partial charge in [0.15, 0.2) is 0 Å². The Labute approximate surface area is 96.5 Å². The summed E-state index contributed by atoms with van der Waals surface area (Å²) >= 11 is 0. The van der Waals surface area contributed by atoms with Crippen LogP contribution in [0.3, 0.4) is 0 Å². The molecule has 1 rings (SSSR count). The normalized spacial score (nSPS) is 23.9. The average molecular weight is 231 g/mol. The molecule has 2 nitrogen and oxygen atoms in total. The summed E-state index contributed by atoms with van der Waals surface area (Å²) in [6, 6.07) is 0.178. The van der Waals surface area contributed by atoms with Crippen LogP contribution < -0.4 is 5.73 Å². The number of hydrogen-bond acceptors (Lipinski definition) is 2. The Hall–Kier alpha value is 0.110. The molecule has 3 unspecified atom stereocenters. The second-order valence-corrected chi connectivity index (χ2v) is 6.54. The quantitative estimate of drug-likeness (QED) is 0.762. The van der Waals surface area contributed by atoms with E-state index in [0.29, 0.717) is 11.8 Å². The predicted molar refractivity (Wildman–Crippen MR) is 67.3 cm³/mol. The van der Waals surface area contributed by atoms with Crippen LogP contribution in [0.15, 0.2) is 0 Å². The van der Waals surface area contributed by atoms with Gasteiger partial charge in [0, 0.05) is 28.3 Å². The van der Waals surface area contributed by atoms with Crippen LogP contribution in [0.2, 0.25) is 0 Å². The fourth-order valence-corrected chi connectivity index (χ4v) is 3.95. The van der Waals surface area contributed by atoms with Crippen molar-refractivity contribution >= 4 is 10.8 Å².